The van der Waals surface area contributed by atoms with E-state index in [0.29, 0.717) is 12.4 Å². The zero-order valence-corrected chi connectivity index (χ0v) is 14.7. The van der Waals surface area contributed by atoms with Gasteiger partial charge in [0.05, 0.1) is 19.1 Å². The molecule has 0 aromatic heterocycles. The second-order valence-electron chi connectivity index (χ2n) is 6.08. The van der Waals surface area contributed by atoms with E-state index in [-0.39, 0.29) is 24.3 Å². The number of benzene rings is 1. The number of rotatable bonds is 7. The molecule has 1 fully saturated rings. The van der Waals surface area contributed by atoms with Crippen molar-refractivity contribution in [2.24, 2.45) is 0 Å². The molecule has 6 nitrogen and oxygen atoms in total. The predicted molar refractivity (Wildman–Crippen MR) is 92.8 cm³/mol. The maximum absolute atomic E-state index is 12.7. The van der Waals surface area contributed by atoms with Crippen LogP contribution in [0.15, 0.2) is 24.3 Å². The summed E-state index contributed by atoms with van der Waals surface area (Å²) < 4.78 is 5.66. The lowest BCUT2D eigenvalue weighted by atomic mass is 10.0. The molecule has 2 rings (SSSR count). The molecule has 24 heavy (non-hydrogen) atoms. The van der Waals surface area contributed by atoms with Gasteiger partial charge in [-0.25, -0.2) is 0 Å². The Morgan fingerprint density at radius 2 is 2.17 bits per heavy atom. The zero-order valence-electron chi connectivity index (χ0n) is 14.7. The topological polar surface area (TPSA) is 70.7 Å². The summed E-state index contributed by atoms with van der Waals surface area (Å²) in [4.78, 5) is 26.1. The standard InChI is InChI=1S/C18H27N3O3/c1-4-24-17-8-6-5-7-15(17)16(20-13(2)22)11-18(23)21(3)14-9-10-19-12-14/h5-8,14,16,19H,4,9-12H2,1-3H3,(H,20,22). The quantitative estimate of drug-likeness (QED) is 0.793. The summed E-state index contributed by atoms with van der Waals surface area (Å²) in [6, 6.07) is 7.37. The number of hydrogen-bond donors (Lipinski definition) is 2. The molecule has 132 valence electrons. The molecular weight excluding hydrogens is 306 g/mol. The van der Waals surface area contributed by atoms with E-state index < -0.39 is 6.04 Å². The molecule has 2 unspecified atom stereocenters. The predicted octanol–water partition coefficient (Wildman–Crippen LogP) is 1.47. The van der Waals surface area contributed by atoms with E-state index in [1.807, 2.05) is 38.2 Å². The van der Waals surface area contributed by atoms with E-state index in [0.717, 1.165) is 25.1 Å². The largest absolute Gasteiger partial charge is 0.494 e. The lowest BCUT2D eigenvalue weighted by Gasteiger charge is -2.27. The Bertz CT molecular complexity index is 570. The van der Waals surface area contributed by atoms with Gasteiger partial charge in [0.25, 0.3) is 0 Å². The maximum Gasteiger partial charge on any atom is 0.225 e. The highest BCUT2D eigenvalue weighted by Crippen LogP contribution is 2.28. The summed E-state index contributed by atoms with van der Waals surface area (Å²) in [5.74, 6) is 0.565. The van der Waals surface area contributed by atoms with Crippen LogP contribution < -0.4 is 15.4 Å². The number of hydrogen-bond acceptors (Lipinski definition) is 4. The van der Waals surface area contributed by atoms with Crippen molar-refractivity contribution in [3.05, 3.63) is 29.8 Å². The minimum atomic E-state index is -0.394. The first kappa shape index (κ1) is 18.3. The number of ether oxygens (including phenoxy) is 1. The van der Waals surface area contributed by atoms with Gasteiger partial charge in [-0.05, 0) is 26.0 Å². The summed E-state index contributed by atoms with van der Waals surface area (Å²) in [6.07, 6.45) is 1.18. The second-order valence-corrected chi connectivity index (χ2v) is 6.08. The number of para-hydroxylation sites is 1. The number of amides is 2. The van der Waals surface area contributed by atoms with Crippen LogP contribution >= 0.6 is 0 Å². The highest BCUT2D eigenvalue weighted by Gasteiger charge is 2.27. The SMILES string of the molecule is CCOc1ccccc1C(CC(=O)N(C)C1CCNC1)NC(C)=O. The van der Waals surface area contributed by atoms with E-state index in [2.05, 4.69) is 10.6 Å². The minimum Gasteiger partial charge on any atom is -0.494 e. The zero-order chi connectivity index (χ0) is 17.5. The Morgan fingerprint density at radius 1 is 1.42 bits per heavy atom. The monoisotopic (exact) mass is 333 g/mol. The van der Waals surface area contributed by atoms with E-state index in [1.54, 1.807) is 4.90 Å². The Balaban J connectivity index is 2.16. The molecule has 0 radical (unpaired) electrons. The van der Waals surface area contributed by atoms with Crippen molar-refractivity contribution in [3.8, 4) is 5.75 Å². The summed E-state index contributed by atoms with van der Waals surface area (Å²) in [7, 11) is 1.83. The highest BCUT2D eigenvalue weighted by atomic mass is 16.5. The molecule has 1 aromatic carbocycles. The first-order valence-electron chi connectivity index (χ1n) is 8.48. The van der Waals surface area contributed by atoms with E-state index >= 15 is 0 Å². The van der Waals surface area contributed by atoms with Crippen molar-refractivity contribution < 1.29 is 14.3 Å². The molecule has 0 saturated carbocycles. The third-order valence-corrected chi connectivity index (χ3v) is 4.33. The first-order chi connectivity index (χ1) is 11.5. The van der Waals surface area contributed by atoms with Crippen molar-refractivity contribution in [1.82, 2.24) is 15.5 Å². The Morgan fingerprint density at radius 3 is 2.79 bits per heavy atom. The van der Waals surface area contributed by atoms with Crippen LogP contribution in [0.2, 0.25) is 0 Å². The highest BCUT2D eigenvalue weighted by molar-refractivity contribution is 5.79. The maximum atomic E-state index is 12.7. The van der Waals surface area contributed by atoms with Gasteiger partial charge in [0, 0.05) is 32.1 Å². The van der Waals surface area contributed by atoms with Gasteiger partial charge in [0.1, 0.15) is 5.75 Å². The minimum absolute atomic E-state index is 0.0220. The van der Waals surface area contributed by atoms with Gasteiger partial charge >= 0.3 is 0 Å². The van der Waals surface area contributed by atoms with Crippen LogP contribution in [0.5, 0.6) is 5.75 Å². The number of nitrogens with one attached hydrogen (secondary N) is 2. The second kappa shape index (κ2) is 8.68. The Hall–Kier alpha value is -2.08. The third-order valence-electron chi connectivity index (χ3n) is 4.33. The van der Waals surface area contributed by atoms with Gasteiger partial charge in [-0.15, -0.1) is 0 Å². The summed E-state index contributed by atoms with van der Waals surface area (Å²) in [6.45, 7) is 5.67. The van der Waals surface area contributed by atoms with Gasteiger partial charge in [-0.2, -0.15) is 0 Å². The van der Waals surface area contributed by atoms with Gasteiger partial charge < -0.3 is 20.3 Å². The van der Waals surface area contributed by atoms with Gasteiger partial charge in [-0.1, -0.05) is 18.2 Å². The number of carbonyl (C=O) groups is 2. The van der Waals surface area contributed by atoms with Crippen LogP contribution in [0.25, 0.3) is 0 Å². The summed E-state index contributed by atoms with van der Waals surface area (Å²) in [5.41, 5.74) is 0.834. The van der Waals surface area contributed by atoms with Crippen LogP contribution in [0.4, 0.5) is 0 Å². The molecule has 1 saturated heterocycles. The lowest BCUT2D eigenvalue weighted by molar-refractivity contribution is -0.132. The molecule has 0 aliphatic carbocycles. The lowest BCUT2D eigenvalue weighted by Crippen LogP contribution is -2.40. The molecule has 0 bridgehead atoms. The summed E-state index contributed by atoms with van der Waals surface area (Å²) in [5, 5.41) is 6.16. The molecule has 1 heterocycles. The van der Waals surface area contributed by atoms with Crippen molar-refractivity contribution in [1.29, 1.82) is 0 Å². The molecule has 2 N–H and O–H groups in total. The van der Waals surface area contributed by atoms with Crippen molar-refractivity contribution >= 4 is 11.8 Å². The number of likely N-dealkylation sites (N-methyl/N-ethyl adjacent to an activating group) is 1. The van der Waals surface area contributed by atoms with Gasteiger partial charge in [0.2, 0.25) is 11.8 Å². The van der Waals surface area contributed by atoms with E-state index in [1.165, 1.54) is 6.92 Å². The van der Waals surface area contributed by atoms with Crippen molar-refractivity contribution in [2.75, 3.05) is 26.7 Å². The van der Waals surface area contributed by atoms with Crippen molar-refractivity contribution in [3.63, 3.8) is 0 Å². The normalized spacial score (nSPS) is 18.0. The molecule has 1 aromatic rings. The van der Waals surface area contributed by atoms with E-state index in [9.17, 15) is 9.59 Å². The average Bonchev–Trinajstić information content (AvgIpc) is 3.08. The molecule has 1 aliphatic rings. The number of nitrogens with zero attached hydrogens (tertiary/aromatic N) is 1. The third kappa shape index (κ3) is 4.71. The Labute approximate surface area is 143 Å². The molecule has 1 aliphatic heterocycles. The molecular formula is C18H27N3O3. The van der Waals surface area contributed by atoms with Crippen LogP contribution in [0, 0.1) is 0 Å². The van der Waals surface area contributed by atoms with Crippen LogP contribution in [-0.2, 0) is 9.59 Å². The molecule has 0 spiro atoms. The number of carbonyl (C=O) groups excluding carboxylic acids is 2. The van der Waals surface area contributed by atoms with Crippen LogP contribution in [-0.4, -0.2) is 49.5 Å². The average molecular weight is 333 g/mol. The summed E-state index contributed by atoms with van der Waals surface area (Å²) >= 11 is 0. The van der Waals surface area contributed by atoms with Gasteiger partial charge in [-0.3, -0.25) is 9.59 Å². The van der Waals surface area contributed by atoms with Crippen LogP contribution in [0.3, 0.4) is 0 Å². The fourth-order valence-electron chi connectivity index (χ4n) is 3.03. The van der Waals surface area contributed by atoms with Crippen LogP contribution in [0.1, 0.15) is 38.3 Å². The fourth-order valence-corrected chi connectivity index (χ4v) is 3.03. The smallest absolute Gasteiger partial charge is 0.225 e. The van der Waals surface area contributed by atoms with E-state index in [4.69, 9.17) is 4.74 Å². The first-order valence-corrected chi connectivity index (χ1v) is 8.48. The van der Waals surface area contributed by atoms with Gasteiger partial charge in [0.15, 0.2) is 0 Å². The fraction of sp³-hybridized carbons (Fsp3) is 0.556. The molecule has 6 heteroatoms. The Kier molecular flexibility index (Phi) is 6.61. The van der Waals surface area contributed by atoms with Crippen molar-refractivity contribution in [2.45, 2.75) is 38.8 Å². The molecule has 2 amide bonds. The molecule has 2 atom stereocenters.